The number of carbonyl (C=O) groups is 1. The maximum absolute atomic E-state index is 11.2. The minimum atomic E-state index is 0.0588. The number of carbonyl (C=O) groups excluding carboxylic acids is 1. The maximum Gasteiger partial charge on any atom is 0.222 e. The molecular weight excluding hydrogens is 142 g/mol. The van der Waals surface area contributed by atoms with Gasteiger partial charge in [0, 0.05) is 19.5 Å². The number of rotatable bonds is 5. The number of hydrogen-bond acceptors (Lipinski definition) is 2. The molecule has 0 aromatic rings. The van der Waals surface area contributed by atoms with Crippen molar-refractivity contribution in [2.75, 3.05) is 19.7 Å². The Hall–Kier alpha value is -0.570. The van der Waals surface area contributed by atoms with E-state index in [2.05, 4.69) is 0 Å². The first-order valence-electron chi connectivity index (χ1n) is 4.14. The topological polar surface area (TPSA) is 40.5 Å². The first-order valence-corrected chi connectivity index (χ1v) is 4.14. The molecule has 0 unspecified atom stereocenters. The highest BCUT2D eigenvalue weighted by molar-refractivity contribution is 5.76. The lowest BCUT2D eigenvalue weighted by molar-refractivity contribution is -0.131. The van der Waals surface area contributed by atoms with Crippen molar-refractivity contribution in [3.05, 3.63) is 0 Å². The molecule has 0 bridgehead atoms. The van der Waals surface area contributed by atoms with Crippen LogP contribution >= 0.6 is 0 Å². The average Bonchev–Trinajstić information content (AvgIpc) is 2.00. The summed E-state index contributed by atoms with van der Waals surface area (Å²) >= 11 is 0. The van der Waals surface area contributed by atoms with Crippen LogP contribution in [0.1, 0.15) is 26.7 Å². The molecule has 0 aliphatic rings. The van der Waals surface area contributed by atoms with Crippen LogP contribution in [-0.2, 0) is 4.79 Å². The summed E-state index contributed by atoms with van der Waals surface area (Å²) in [6.07, 6.45) is 1.47. The van der Waals surface area contributed by atoms with E-state index in [1.165, 1.54) is 0 Å². The molecule has 0 saturated heterocycles. The van der Waals surface area contributed by atoms with Gasteiger partial charge in [-0.3, -0.25) is 4.79 Å². The predicted molar refractivity (Wildman–Crippen MR) is 44.2 cm³/mol. The van der Waals surface area contributed by atoms with E-state index in [0.29, 0.717) is 19.5 Å². The van der Waals surface area contributed by atoms with Crippen molar-refractivity contribution >= 4 is 5.91 Å². The molecule has 1 amide bonds. The second kappa shape index (κ2) is 6.16. The molecule has 0 rings (SSSR count). The van der Waals surface area contributed by atoms with Crippen molar-refractivity contribution < 1.29 is 9.90 Å². The fourth-order valence-corrected chi connectivity index (χ4v) is 0.952. The van der Waals surface area contributed by atoms with Gasteiger partial charge in [-0.2, -0.15) is 0 Å². The van der Waals surface area contributed by atoms with Crippen LogP contribution in [0.5, 0.6) is 0 Å². The molecule has 0 aliphatic heterocycles. The van der Waals surface area contributed by atoms with Gasteiger partial charge in [-0.15, -0.1) is 0 Å². The average molecular weight is 159 g/mol. The lowest BCUT2D eigenvalue weighted by Gasteiger charge is -2.18. The molecule has 3 nitrogen and oxygen atoms in total. The second-order valence-electron chi connectivity index (χ2n) is 2.45. The van der Waals surface area contributed by atoms with Crippen LogP contribution in [0, 0.1) is 0 Å². The summed E-state index contributed by atoms with van der Waals surface area (Å²) in [6, 6.07) is 0. The van der Waals surface area contributed by atoms with Gasteiger partial charge in [-0.25, -0.2) is 0 Å². The van der Waals surface area contributed by atoms with E-state index < -0.39 is 0 Å². The Morgan fingerprint density at radius 2 is 2.09 bits per heavy atom. The first kappa shape index (κ1) is 10.4. The van der Waals surface area contributed by atoms with Gasteiger partial charge in [0.25, 0.3) is 0 Å². The van der Waals surface area contributed by atoms with Crippen LogP contribution in [0.3, 0.4) is 0 Å². The van der Waals surface area contributed by atoms with E-state index in [0.717, 1.165) is 6.42 Å². The number of aliphatic hydroxyl groups excluding tert-OH is 1. The third-order valence-corrected chi connectivity index (χ3v) is 1.57. The highest BCUT2D eigenvalue weighted by Gasteiger charge is 2.08. The fourth-order valence-electron chi connectivity index (χ4n) is 0.952. The molecule has 0 heterocycles. The van der Waals surface area contributed by atoms with E-state index in [1.807, 2.05) is 13.8 Å². The van der Waals surface area contributed by atoms with Crippen molar-refractivity contribution in [1.29, 1.82) is 0 Å². The van der Waals surface area contributed by atoms with Crippen LogP contribution in [0.2, 0.25) is 0 Å². The van der Waals surface area contributed by atoms with Gasteiger partial charge >= 0.3 is 0 Å². The Labute approximate surface area is 68.0 Å². The van der Waals surface area contributed by atoms with Gasteiger partial charge in [0.1, 0.15) is 0 Å². The lowest BCUT2D eigenvalue weighted by Crippen LogP contribution is -2.32. The summed E-state index contributed by atoms with van der Waals surface area (Å²) in [4.78, 5) is 12.8. The molecular formula is C8H17NO2. The molecule has 0 aromatic carbocycles. The Balaban J connectivity index is 3.71. The number of likely N-dealkylation sites (N-methyl/N-ethyl adjacent to an activating group) is 1. The van der Waals surface area contributed by atoms with Gasteiger partial charge < -0.3 is 10.0 Å². The monoisotopic (exact) mass is 159 g/mol. The molecule has 0 atom stereocenters. The van der Waals surface area contributed by atoms with Crippen molar-refractivity contribution in [1.82, 2.24) is 4.90 Å². The fraction of sp³-hybridized carbons (Fsp3) is 0.875. The molecule has 0 aromatic heterocycles. The molecule has 3 heteroatoms. The molecule has 0 fully saturated rings. The summed E-state index contributed by atoms with van der Waals surface area (Å²) in [6.45, 7) is 5.12. The van der Waals surface area contributed by atoms with Gasteiger partial charge in [-0.1, -0.05) is 6.92 Å². The largest absolute Gasteiger partial charge is 0.395 e. The van der Waals surface area contributed by atoms with Crippen molar-refractivity contribution in [2.45, 2.75) is 26.7 Å². The number of nitrogens with zero attached hydrogens (tertiary/aromatic N) is 1. The normalized spacial score (nSPS) is 9.73. The van der Waals surface area contributed by atoms with Gasteiger partial charge in [-0.05, 0) is 13.3 Å². The Morgan fingerprint density at radius 1 is 1.45 bits per heavy atom. The van der Waals surface area contributed by atoms with E-state index in [9.17, 15) is 4.79 Å². The molecule has 0 radical (unpaired) electrons. The minimum Gasteiger partial charge on any atom is -0.395 e. The smallest absolute Gasteiger partial charge is 0.222 e. The van der Waals surface area contributed by atoms with Gasteiger partial charge in [0.15, 0.2) is 0 Å². The summed E-state index contributed by atoms with van der Waals surface area (Å²) in [5.74, 6) is 0.143. The summed E-state index contributed by atoms with van der Waals surface area (Å²) in [7, 11) is 0. The highest BCUT2D eigenvalue weighted by Crippen LogP contribution is 1.96. The second-order valence-corrected chi connectivity index (χ2v) is 2.45. The first-order chi connectivity index (χ1) is 5.26. The van der Waals surface area contributed by atoms with Crippen molar-refractivity contribution in [3.63, 3.8) is 0 Å². The van der Waals surface area contributed by atoms with Crippen molar-refractivity contribution in [2.24, 2.45) is 0 Å². The zero-order valence-electron chi connectivity index (χ0n) is 7.34. The van der Waals surface area contributed by atoms with E-state index >= 15 is 0 Å². The predicted octanol–water partition coefficient (Wildman–Crippen LogP) is 0.627. The molecule has 66 valence electrons. The maximum atomic E-state index is 11.2. The Morgan fingerprint density at radius 3 is 2.45 bits per heavy atom. The summed E-state index contributed by atoms with van der Waals surface area (Å²) in [5, 5.41) is 8.59. The van der Waals surface area contributed by atoms with Crippen LogP contribution in [0.4, 0.5) is 0 Å². The van der Waals surface area contributed by atoms with Crippen LogP contribution < -0.4 is 0 Å². The van der Waals surface area contributed by atoms with Crippen molar-refractivity contribution in [3.8, 4) is 0 Å². The number of hydrogen-bond donors (Lipinski definition) is 1. The van der Waals surface area contributed by atoms with E-state index in [-0.39, 0.29) is 12.5 Å². The van der Waals surface area contributed by atoms with Crippen LogP contribution in [0.15, 0.2) is 0 Å². The third kappa shape index (κ3) is 3.98. The molecule has 0 spiro atoms. The van der Waals surface area contributed by atoms with E-state index in [1.54, 1.807) is 4.90 Å². The summed E-state index contributed by atoms with van der Waals surface area (Å²) < 4.78 is 0. The SMILES string of the molecule is CCCC(=O)N(CC)CCO. The Kier molecular flexibility index (Phi) is 5.84. The molecule has 0 aliphatic carbocycles. The minimum absolute atomic E-state index is 0.0588. The zero-order chi connectivity index (χ0) is 8.69. The van der Waals surface area contributed by atoms with Gasteiger partial charge in [0.2, 0.25) is 5.91 Å². The lowest BCUT2D eigenvalue weighted by atomic mass is 10.3. The standard InChI is InChI=1S/C8H17NO2/c1-3-5-8(11)9(4-2)6-7-10/h10H,3-7H2,1-2H3. The van der Waals surface area contributed by atoms with Gasteiger partial charge in [0.05, 0.1) is 6.61 Å². The van der Waals surface area contributed by atoms with Crippen LogP contribution in [0.25, 0.3) is 0 Å². The Bertz CT molecular complexity index is 115. The number of aliphatic hydroxyl groups is 1. The third-order valence-electron chi connectivity index (χ3n) is 1.57. The molecule has 0 saturated carbocycles. The molecule has 11 heavy (non-hydrogen) atoms. The van der Waals surface area contributed by atoms with E-state index in [4.69, 9.17) is 5.11 Å². The number of amides is 1. The van der Waals surface area contributed by atoms with Crippen LogP contribution in [-0.4, -0.2) is 35.6 Å². The zero-order valence-corrected chi connectivity index (χ0v) is 7.34. The highest BCUT2D eigenvalue weighted by atomic mass is 16.3. The quantitative estimate of drug-likeness (QED) is 0.639. The molecule has 1 N–H and O–H groups in total. The summed E-state index contributed by atoms with van der Waals surface area (Å²) in [5.41, 5.74) is 0.